The molecule has 2 aromatic rings. The van der Waals surface area contributed by atoms with Crippen molar-refractivity contribution in [2.24, 2.45) is 10.9 Å². The monoisotopic (exact) mass is 274 g/mol. The number of aryl methyl sites for hydroxylation is 1. The Morgan fingerprint density at radius 3 is 2.70 bits per heavy atom. The van der Waals surface area contributed by atoms with Crippen LogP contribution in [0.15, 0.2) is 47.6 Å². The maximum absolute atomic E-state index is 13.4. The lowest BCUT2D eigenvalue weighted by atomic mass is 10.1. The van der Waals surface area contributed by atoms with Gasteiger partial charge in [-0.25, -0.2) is 4.39 Å². The predicted octanol–water partition coefficient (Wildman–Crippen LogP) is 2.81. The number of nitrogens with two attached hydrogens (primary N) is 1. The van der Waals surface area contributed by atoms with Crippen LogP contribution in [0, 0.1) is 12.7 Å². The second kappa shape index (κ2) is 6.06. The third-order valence-corrected chi connectivity index (χ3v) is 2.93. The van der Waals surface area contributed by atoms with Crippen molar-refractivity contribution in [3.8, 4) is 5.75 Å². The number of oxime groups is 1. The highest BCUT2D eigenvalue weighted by molar-refractivity contribution is 5.98. The van der Waals surface area contributed by atoms with Gasteiger partial charge < -0.3 is 15.7 Å². The first-order valence-corrected chi connectivity index (χ1v) is 6.06. The van der Waals surface area contributed by atoms with Gasteiger partial charge in [0, 0.05) is 11.1 Å². The average molecular weight is 274 g/mol. The Morgan fingerprint density at radius 2 is 2.05 bits per heavy atom. The van der Waals surface area contributed by atoms with Crippen LogP contribution in [-0.4, -0.2) is 11.0 Å². The summed E-state index contributed by atoms with van der Waals surface area (Å²) in [5, 5.41) is 11.6. The summed E-state index contributed by atoms with van der Waals surface area (Å²) < 4.78 is 19.0. The van der Waals surface area contributed by atoms with Crippen molar-refractivity contribution in [3.63, 3.8) is 0 Å². The number of hydrogen-bond acceptors (Lipinski definition) is 3. The molecule has 0 radical (unpaired) electrons. The maximum atomic E-state index is 13.4. The van der Waals surface area contributed by atoms with Crippen LogP contribution in [-0.2, 0) is 6.61 Å². The molecule has 0 heterocycles. The van der Waals surface area contributed by atoms with Crippen molar-refractivity contribution in [2.45, 2.75) is 13.5 Å². The zero-order valence-electron chi connectivity index (χ0n) is 11.0. The van der Waals surface area contributed by atoms with Crippen molar-refractivity contribution in [1.29, 1.82) is 0 Å². The first kappa shape index (κ1) is 13.9. The topological polar surface area (TPSA) is 67.8 Å². The molecule has 0 amide bonds. The molecule has 0 atom stereocenters. The summed E-state index contributed by atoms with van der Waals surface area (Å²) in [6.45, 7) is 1.97. The molecule has 0 saturated carbocycles. The standard InChI is InChI=1S/C15H15FN2O2/c1-10-8-12(6-7-13(10)15(17)18-19)20-9-11-4-2-3-5-14(11)16/h2-8,19H,9H2,1H3,(H2,17,18). The van der Waals surface area contributed by atoms with E-state index in [1.54, 1.807) is 36.4 Å². The van der Waals surface area contributed by atoms with E-state index in [4.69, 9.17) is 15.7 Å². The molecule has 0 aliphatic heterocycles. The molecule has 0 spiro atoms. The SMILES string of the molecule is Cc1cc(OCc2ccccc2F)ccc1/C(N)=N/O. The highest BCUT2D eigenvalue weighted by Crippen LogP contribution is 2.19. The minimum Gasteiger partial charge on any atom is -0.489 e. The molecular weight excluding hydrogens is 259 g/mol. The van der Waals surface area contributed by atoms with Gasteiger partial charge in [0.2, 0.25) is 0 Å². The molecule has 20 heavy (non-hydrogen) atoms. The highest BCUT2D eigenvalue weighted by Gasteiger charge is 2.06. The minimum absolute atomic E-state index is 0.0446. The Balaban J connectivity index is 2.12. The van der Waals surface area contributed by atoms with Crippen LogP contribution >= 0.6 is 0 Å². The molecule has 0 unspecified atom stereocenters. The summed E-state index contributed by atoms with van der Waals surface area (Å²) in [4.78, 5) is 0. The number of benzene rings is 2. The van der Waals surface area contributed by atoms with Gasteiger partial charge in [0.05, 0.1) is 0 Å². The number of hydrogen-bond donors (Lipinski definition) is 2. The zero-order valence-corrected chi connectivity index (χ0v) is 11.0. The molecule has 4 nitrogen and oxygen atoms in total. The third-order valence-electron chi connectivity index (χ3n) is 2.93. The van der Waals surface area contributed by atoms with E-state index in [0.717, 1.165) is 5.56 Å². The van der Waals surface area contributed by atoms with Crippen molar-refractivity contribution >= 4 is 5.84 Å². The molecular formula is C15H15FN2O2. The van der Waals surface area contributed by atoms with Crippen LogP contribution in [0.2, 0.25) is 0 Å². The molecule has 5 heteroatoms. The van der Waals surface area contributed by atoms with Gasteiger partial charge in [-0.1, -0.05) is 23.4 Å². The molecule has 0 bridgehead atoms. The summed E-state index contributed by atoms with van der Waals surface area (Å²) in [7, 11) is 0. The van der Waals surface area contributed by atoms with Crippen LogP contribution in [0.5, 0.6) is 5.75 Å². The molecule has 3 N–H and O–H groups in total. The van der Waals surface area contributed by atoms with E-state index in [1.807, 2.05) is 6.92 Å². The van der Waals surface area contributed by atoms with Crippen LogP contribution in [0.3, 0.4) is 0 Å². The molecule has 104 valence electrons. The van der Waals surface area contributed by atoms with Gasteiger partial charge in [-0.15, -0.1) is 0 Å². The second-order valence-electron chi connectivity index (χ2n) is 4.34. The van der Waals surface area contributed by atoms with Gasteiger partial charge in [0.1, 0.15) is 18.2 Å². The normalized spacial score (nSPS) is 11.4. The quantitative estimate of drug-likeness (QED) is 0.390. The number of rotatable bonds is 4. The lowest BCUT2D eigenvalue weighted by Crippen LogP contribution is -2.14. The van der Waals surface area contributed by atoms with E-state index in [2.05, 4.69) is 5.16 Å². The van der Waals surface area contributed by atoms with Crippen LogP contribution in [0.25, 0.3) is 0 Å². The van der Waals surface area contributed by atoms with Crippen molar-refractivity contribution < 1.29 is 14.3 Å². The van der Waals surface area contributed by atoms with Gasteiger partial charge in [0.25, 0.3) is 0 Å². The molecule has 0 aliphatic carbocycles. The fourth-order valence-electron chi connectivity index (χ4n) is 1.84. The van der Waals surface area contributed by atoms with E-state index in [9.17, 15) is 4.39 Å². The number of nitrogens with zero attached hydrogens (tertiary/aromatic N) is 1. The average Bonchev–Trinajstić information content (AvgIpc) is 2.46. The van der Waals surface area contributed by atoms with Crippen LogP contribution in [0.4, 0.5) is 4.39 Å². The van der Waals surface area contributed by atoms with E-state index < -0.39 is 0 Å². The van der Waals surface area contributed by atoms with Gasteiger partial charge >= 0.3 is 0 Å². The maximum Gasteiger partial charge on any atom is 0.170 e. The first-order valence-electron chi connectivity index (χ1n) is 6.06. The minimum atomic E-state index is -0.294. The summed E-state index contributed by atoms with van der Waals surface area (Å²) in [5.41, 5.74) is 7.47. The van der Waals surface area contributed by atoms with E-state index in [0.29, 0.717) is 16.9 Å². The van der Waals surface area contributed by atoms with Crippen molar-refractivity contribution in [2.75, 3.05) is 0 Å². The molecule has 0 fully saturated rings. The highest BCUT2D eigenvalue weighted by atomic mass is 19.1. The number of ether oxygens (including phenoxy) is 1. The van der Waals surface area contributed by atoms with Gasteiger partial charge in [-0.3, -0.25) is 0 Å². The number of halogens is 1. The Hall–Kier alpha value is -2.56. The van der Waals surface area contributed by atoms with Crippen LogP contribution < -0.4 is 10.5 Å². The van der Waals surface area contributed by atoms with Gasteiger partial charge in [-0.05, 0) is 36.8 Å². The number of amidine groups is 1. The summed E-state index contributed by atoms with van der Waals surface area (Å²) in [6.07, 6.45) is 0. The van der Waals surface area contributed by atoms with Crippen molar-refractivity contribution in [3.05, 3.63) is 65.0 Å². The fraction of sp³-hybridized carbons (Fsp3) is 0.133. The summed E-state index contributed by atoms with van der Waals surface area (Å²) in [6, 6.07) is 11.6. The molecule has 0 aromatic heterocycles. The smallest absolute Gasteiger partial charge is 0.170 e. The Bertz CT molecular complexity index is 642. The Labute approximate surface area is 116 Å². The van der Waals surface area contributed by atoms with Gasteiger partial charge in [-0.2, -0.15) is 0 Å². The largest absolute Gasteiger partial charge is 0.489 e. The Morgan fingerprint density at radius 1 is 1.30 bits per heavy atom. The van der Waals surface area contributed by atoms with Crippen LogP contribution in [0.1, 0.15) is 16.7 Å². The van der Waals surface area contributed by atoms with Crippen molar-refractivity contribution in [1.82, 2.24) is 0 Å². The first-order chi connectivity index (χ1) is 9.61. The van der Waals surface area contributed by atoms with E-state index >= 15 is 0 Å². The second-order valence-corrected chi connectivity index (χ2v) is 4.34. The lowest BCUT2D eigenvalue weighted by molar-refractivity contribution is 0.299. The molecule has 0 saturated heterocycles. The predicted molar refractivity (Wildman–Crippen MR) is 74.4 cm³/mol. The van der Waals surface area contributed by atoms with E-state index in [1.165, 1.54) is 6.07 Å². The Kier molecular flexibility index (Phi) is 4.20. The third kappa shape index (κ3) is 3.06. The molecule has 2 aromatic carbocycles. The van der Waals surface area contributed by atoms with E-state index in [-0.39, 0.29) is 18.3 Å². The fourth-order valence-corrected chi connectivity index (χ4v) is 1.84. The van der Waals surface area contributed by atoms with Gasteiger partial charge in [0.15, 0.2) is 5.84 Å². The molecule has 0 aliphatic rings. The summed E-state index contributed by atoms with van der Waals surface area (Å²) in [5.74, 6) is 0.348. The zero-order chi connectivity index (χ0) is 14.5. The summed E-state index contributed by atoms with van der Waals surface area (Å²) >= 11 is 0. The molecule has 2 rings (SSSR count). The lowest BCUT2D eigenvalue weighted by Gasteiger charge is -2.10.